The molecule has 0 unspecified atom stereocenters. The summed E-state index contributed by atoms with van der Waals surface area (Å²) in [7, 11) is 0. The van der Waals surface area contributed by atoms with Crippen LogP contribution in [0, 0.1) is 0 Å². The maximum Gasteiger partial charge on any atom is 0.326 e. The number of likely N-dealkylation sites (tertiary alicyclic amines) is 1. The van der Waals surface area contributed by atoms with E-state index in [9.17, 15) is 19.5 Å². The van der Waals surface area contributed by atoms with Crippen LogP contribution in [0.4, 0.5) is 0 Å². The lowest BCUT2D eigenvalue weighted by Gasteiger charge is -2.22. The number of carboxylic acids is 1. The van der Waals surface area contributed by atoms with Gasteiger partial charge in [-0.15, -0.1) is 0 Å². The molecular weight excluding hydrogens is 242 g/mol. The highest BCUT2D eigenvalue weighted by Crippen LogP contribution is 2.19. The third kappa shape index (κ3) is 2.33. The second-order valence-electron chi connectivity index (χ2n) is 4.29. The number of nitrogens with one attached hydrogen (secondary N) is 1. The molecule has 3 N–H and O–H groups in total. The molecule has 2 aliphatic heterocycles. The van der Waals surface area contributed by atoms with Gasteiger partial charge in [0.05, 0.1) is 6.10 Å². The Kier molecular flexibility index (Phi) is 3.28. The molecule has 0 aromatic heterocycles. The minimum atomic E-state index is -1.15. The first-order valence-electron chi connectivity index (χ1n) is 5.56. The molecule has 0 aliphatic carbocycles. The Hall–Kier alpha value is -1.96. The van der Waals surface area contributed by atoms with Gasteiger partial charge in [-0.1, -0.05) is 0 Å². The summed E-state index contributed by atoms with van der Waals surface area (Å²) < 4.78 is 0. The van der Waals surface area contributed by atoms with Crippen LogP contribution < -0.4 is 5.43 Å². The van der Waals surface area contributed by atoms with E-state index in [1.165, 1.54) is 0 Å². The lowest BCUT2D eigenvalue weighted by molar-refractivity contribution is -0.146. The molecule has 18 heavy (non-hydrogen) atoms. The Labute approximate surface area is 102 Å². The molecular formula is C10H13N3O5. The molecule has 0 radical (unpaired) electrons. The number of carbonyl (C=O) groups excluding carboxylic acids is 2. The molecule has 2 amide bonds. The third-order valence-electron chi connectivity index (χ3n) is 2.98. The van der Waals surface area contributed by atoms with Crippen LogP contribution in [0.1, 0.15) is 19.3 Å². The first kappa shape index (κ1) is 12.5. The zero-order chi connectivity index (χ0) is 13.3. The number of nitrogens with zero attached hydrogens (tertiary/aromatic N) is 2. The van der Waals surface area contributed by atoms with Gasteiger partial charge < -0.3 is 15.1 Å². The number of rotatable bonds is 2. The van der Waals surface area contributed by atoms with E-state index >= 15 is 0 Å². The van der Waals surface area contributed by atoms with E-state index in [2.05, 4.69) is 10.5 Å². The number of carbonyl (C=O) groups is 3. The van der Waals surface area contributed by atoms with Crippen molar-refractivity contribution in [3.8, 4) is 0 Å². The van der Waals surface area contributed by atoms with Gasteiger partial charge in [-0.3, -0.25) is 9.59 Å². The summed E-state index contributed by atoms with van der Waals surface area (Å²) in [5.41, 5.74) is 2.30. The number of aliphatic carboxylic acids is 1. The van der Waals surface area contributed by atoms with E-state index in [-0.39, 0.29) is 37.4 Å². The third-order valence-corrected chi connectivity index (χ3v) is 2.98. The normalized spacial score (nSPS) is 27.7. The molecule has 0 bridgehead atoms. The SMILES string of the molecule is O=C1CCC(C(=O)N2C[C@H](O)C[C@@H]2C(=O)O)=NN1. The van der Waals surface area contributed by atoms with Crippen molar-refractivity contribution in [1.29, 1.82) is 0 Å². The Bertz CT molecular complexity index is 433. The van der Waals surface area contributed by atoms with Crippen molar-refractivity contribution in [2.45, 2.75) is 31.4 Å². The molecule has 8 nitrogen and oxygen atoms in total. The van der Waals surface area contributed by atoms with E-state index < -0.39 is 24.0 Å². The van der Waals surface area contributed by atoms with Crippen molar-refractivity contribution in [3.63, 3.8) is 0 Å². The molecule has 98 valence electrons. The number of hydrazone groups is 1. The second kappa shape index (κ2) is 4.73. The zero-order valence-corrected chi connectivity index (χ0v) is 9.50. The number of β-amino-alcohol motifs (C(OH)–C–C–N with tert-alkyl or cyclic N) is 1. The largest absolute Gasteiger partial charge is 0.480 e. The molecule has 8 heteroatoms. The van der Waals surface area contributed by atoms with E-state index in [1.54, 1.807) is 0 Å². The van der Waals surface area contributed by atoms with Crippen LogP contribution in [0.15, 0.2) is 5.10 Å². The molecule has 2 heterocycles. The fourth-order valence-corrected chi connectivity index (χ4v) is 2.07. The Morgan fingerprint density at radius 3 is 2.67 bits per heavy atom. The molecule has 1 fully saturated rings. The maximum absolute atomic E-state index is 12.0. The van der Waals surface area contributed by atoms with Crippen molar-refractivity contribution >= 4 is 23.5 Å². The highest BCUT2D eigenvalue weighted by Gasteiger charge is 2.40. The highest BCUT2D eigenvalue weighted by atomic mass is 16.4. The number of hydrogen-bond donors (Lipinski definition) is 3. The molecule has 0 aromatic carbocycles. The van der Waals surface area contributed by atoms with Crippen LogP contribution >= 0.6 is 0 Å². The smallest absolute Gasteiger partial charge is 0.326 e. The van der Waals surface area contributed by atoms with Crippen LogP contribution in [0.25, 0.3) is 0 Å². The van der Waals surface area contributed by atoms with Gasteiger partial charge >= 0.3 is 5.97 Å². The topological polar surface area (TPSA) is 119 Å². The van der Waals surface area contributed by atoms with Crippen molar-refractivity contribution < 1.29 is 24.6 Å². The summed E-state index contributed by atoms with van der Waals surface area (Å²) in [6, 6.07) is -1.03. The molecule has 0 saturated carbocycles. The summed E-state index contributed by atoms with van der Waals surface area (Å²) >= 11 is 0. The first-order valence-corrected chi connectivity index (χ1v) is 5.56. The molecule has 0 spiro atoms. The Balaban J connectivity index is 2.13. The van der Waals surface area contributed by atoms with Crippen LogP contribution in [0.5, 0.6) is 0 Å². The van der Waals surface area contributed by atoms with Crippen molar-refractivity contribution in [2.75, 3.05) is 6.54 Å². The summed E-state index contributed by atoms with van der Waals surface area (Å²) in [6.45, 7) is -0.0250. The van der Waals surface area contributed by atoms with Crippen LogP contribution in [-0.4, -0.2) is 57.3 Å². The molecule has 2 atom stereocenters. The fraction of sp³-hybridized carbons (Fsp3) is 0.600. The second-order valence-corrected chi connectivity index (χ2v) is 4.29. The van der Waals surface area contributed by atoms with E-state index in [4.69, 9.17) is 5.11 Å². The van der Waals surface area contributed by atoms with Gasteiger partial charge in [-0.2, -0.15) is 5.10 Å². The monoisotopic (exact) mass is 255 g/mol. The maximum atomic E-state index is 12.0. The average Bonchev–Trinajstić information content (AvgIpc) is 2.71. The van der Waals surface area contributed by atoms with Crippen LogP contribution in [-0.2, 0) is 14.4 Å². The van der Waals surface area contributed by atoms with Crippen molar-refractivity contribution in [2.24, 2.45) is 5.10 Å². The lowest BCUT2D eigenvalue weighted by atomic mass is 10.1. The summed E-state index contributed by atoms with van der Waals surface area (Å²) in [4.78, 5) is 35.0. The number of amides is 2. The van der Waals surface area contributed by atoms with Gasteiger partial charge in [-0.25, -0.2) is 10.2 Å². The molecule has 2 rings (SSSR count). The first-order chi connectivity index (χ1) is 8.49. The number of carboxylic acid groups (broad SMARTS) is 1. The minimum Gasteiger partial charge on any atom is -0.480 e. The van der Waals surface area contributed by atoms with Gasteiger partial charge in [0.1, 0.15) is 11.8 Å². The van der Waals surface area contributed by atoms with Gasteiger partial charge in [0.25, 0.3) is 5.91 Å². The zero-order valence-electron chi connectivity index (χ0n) is 9.50. The van der Waals surface area contributed by atoms with Crippen LogP contribution in [0.3, 0.4) is 0 Å². The Morgan fingerprint density at radius 1 is 1.39 bits per heavy atom. The summed E-state index contributed by atoms with van der Waals surface area (Å²) in [5, 5.41) is 22.0. The van der Waals surface area contributed by atoms with E-state index in [1.807, 2.05) is 0 Å². The number of hydrogen-bond acceptors (Lipinski definition) is 5. The van der Waals surface area contributed by atoms with Gasteiger partial charge in [0, 0.05) is 25.8 Å². The quantitative estimate of drug-likeness (QED) is 0.543. The van der Waals surface area contributed by atoms with Crippen molar-refractivity contribution in [1.82, 2.24) is 10.3 Å². The van der Waals surface area contributed by atoms with E-state index in [0.717, 1.165) is 4.90 Å². The number of aliphatic hydroxyl groups excluding tert-OH is 1. The summed E-state index contributed by atoms with van der Waals surface area (Å²) in [6.07, 6.45) is -0.489. The standard InChI is InChI=1S/C10H13N3O5/c14-5-3-7(10(17)18)13(4-5)9(16)6-1-2-8(15)12-11-6/h5,7,14H,1-4H2,(H,12,15)(H,17,18)/t5-,7-/m1/s1. The molecule has 0 aromatic rings. The summed E-state index contributed by atoms with van der Waals surface area (Å²) in [5.74, 6) is -1.97. The van der Waals surface area contributed by atoms with Crippen LogP contribution in [0.2, 0.25) is 0 Å². The minimum absolute atomic E-state index is 0.0146. The number of aliphatic hydroxyl groups is 1. The molecule has 1 saturated heterocycles. The van der Waals surface area contributed by atoms with Crippen molar-refractivity contribution in [3.05, 3.63) is 0 Å². The van der Waals surface area contributed by atoms with Gasteiger partial charge in [-0.05, 0) is 0 Å². The van der Waals surface area contributed by atoms with Gasteiger partial charge in [0.15, 0.2) is 0 Å². The predicted molar refractivity (Wildman–Crippen MR) is 58.6 cm³/mol. The predicted octanol–water partition coefficient (Wildman–Crippen LogP) is -1.70. The van der Waals surface area contributed by atoms with E-state index in [0.29, 0.717) is 0 Å². The van der Waals surface area contributed by atoms with Gasteiger partial charge in [0.2, 0.25) is 5.91 Å². The Morgan fingerprint density at radius 2 is 2.11 bits per heavy atom. The molecule has 2 aliphatic rings. The highest BCUT2D eigenvalue weighted by molar-refractivity contribution is 6.39. The fourth-order valence-electron chi connectivity index (χ4n) is 2.07. The lowest BCUT2D eigenvalue weighted by Crippen LogP contribution is -2.45. The average molecular weight is 255 g/mol.